The lowest BCUT2D eigenvalue weighted by molar-refractivity contribution is -0.139. The van der Waals surface area contributed by atoms with Crippen LogP contribution in [0.4, 0.5) is 17.6 Å². The summed E-state index contributed by atoms with van der Waals surface area (Å²) in [6, 6.07) is 4.60. The number of rotatable bonds is 4. The summed E-state index contributed by atoms with van der Waals surface area (Å²) in [5.41, 5.74) is -0.361. The highest BCUT2D eigenvalue weighted by atomic mass is 32.2. The first-order chi connectivity index (χ1) is 11.8. The Morgan fingerprint density at radius 2 is 2.00 bits per heavy atom. The molecule has 0 spiro atoms. The number of pyridine rings is 1. The van der Waals surface area contributed by atoms with Crippen molar-refractivity contribution < 1.29 is 22.1 Å². The van der Waals surface area contributed by atoms with Crippen molar-refractivity contribution in [3.63, 3.8) is 0 Å². The number of halogens is 4. The number of nitrogens with zero attached hydrogens (tertiary/aromatic N) is 3. The van der Waals surface area contributed by atoms with E-state index in [9.17, 15) is 22.1 Å². The van der Waals surface area contributed by atoms with E-state index in [1.807, 2.05) is 0 Å². The van der Waals surface area contributed by atoms with Crippen LogP contribution in [-0.4, -0.2) is 25.1 Å². The molecule has 0 saturated carbocycles. The van der Waals surface area contributed by atoms with Crippen LogP contribution in [0.1, 0.15) is 12.5 Å². The van der Waals surface area contributed by atoms with Gasteiger partial charge in [-0.3, -0.25) is 4.98 Å². The minimum absolute atomic E-state index is 0.135. The molecule has 0 radical (unpaired) electrons. The zero-order valence-electron chi connectivity index (χ0n) is 13.0. The van der Waals surface area contributed by atoms with E-state index >= 15 is 0 Å². The van der Waals surface area contributed by atoms with Crippen molar-refractivity contribution in [1.82, 2.24) is 14.8 Å². The van der Waals surface area contributed by atoms with E-state index in [-0.39, 0.29) is 17.0 Å². The lowest BCUT2D eigenvalue weighted by Gasteiger charge is -2.12. The highest BCUT2D eigenvalue weighted by Gasteiger charge is 2.35. The van der Waals surface area contributed by atoms with Gasteiger partial charge in [0.05, 0.1) is 17.3 Å². The third kappa shape index (κ3) is 3.47. The maximum atomic E-state index is 14.3. The van der Waals surface area contributed by atoms with Crippen molar-refractivity contribution in [2.75, 3.05) is 5.75 Å². The highest BCUT2D eigenvalue weighted by Crippen LogP contribution is 2.35. The van der Waals surface area contributed by atoms with Crippen LogP contribution in [-0.2, 0) is 23.2 Å². The van der Waals surface area contributed by atoms with Crippen molar-refractivity contribution >= 4 is 22.2 Å². The first-order valence-electron chi connectivity index (χ1n) is 7.34. The Kier molecular flexibility index (Phi) is 4.70. The number of fused-ring (bicyclic) bond motifs is 1. The standard InChI is InChI=1S/C16H13F4N3OS/c1-2-25(24)9-23-14-6-10(7-21-13(14)8-22-23)11-4-3-5-12(15(11)17)16(18,19)20/h3-8H,2,9H2,1H3. The van der Waals surface area contributed by atoms with Gasteiger partial charge in [-0.1, -0.05) is 12.1 Å². The van der Waals surface area contributed by atoms with Crippen LogP contribution in [0.2, 0.25) is 0 Å². The van der Waals surface area contributed by atoms with Crippen molar-refractivity contribution in [1.29, 1.82) is 0 Å². The van der Waals surface area contributed by atoms with Gasteiger partial charge in [0.15, 0.2) is 5.88 Å². The first-order valence-corrected chi connectivity index (χ1v) is 8.82. The fraction of sp³-hybridized carbons (Fsp3) is 0.250. The highest BCUT2D eigenvalue weighted by molar-refractivity contribution is 7.90. The molecule has 3 aromatic rings. The molecule has 25 heavy (non-hydrogen) atoms. The monoisotopic (exact) mass is 371 g/mol. The topological polar surface area (TPSA) is 53.8 Å². The van der Waals surface area contributed by atoms with Gasteiger partial charge in [-0.05, 0) is 30.2 Å². The average molecular weight is 371 g/mol. The molecular weight excluding hydrogens is 358 g/mol. The molecule has 0 N–H and O–H groups in total. The molecule has 1 unspecified atom stereocenters. The second-order valence-electron chi connectivity index (χ2n) is 5.29. The molecule has 0 fully saturated rings. The van der Waals surface area contributed by atoms with E-state index < -0.39 is 28.7 Å². The third-order valence-electron chi connectivity index (χ3n) is 3.70. The van der Waals surface area contributed by atoms with E-state index in [0.29, 0.717) is 22.9 Å². The second-order valence-corrected chi connectivity index (χ2v) is 7.01. The number of hydrogen-bond donors (Lipinski definition) is 0. The van der Waals surface area contributed by atoms with Gasteiger partial charge in [0.2, 0.25) is 0 Å². The maximum absolute atomic E-state index is 14.3. The molecule has 0 bridgehead atoms. The summed E-state index contributed by atoms with van der Waals surface area (Å²) < 4.78 is 66.2. The van der Waals surface area contributed by atoms with Gasteiger partial charge >= 0.3 is 6.18 Å². The minimum atomic E-state index is -4.78. The molecule has 0 aliphatic carbocycles. The quantitative estimate of drug-likeness (QED) is 0.515. The second kappa shape index (κ2) is 6.64. The normalized spacial score (nSPS) is 13.4. The van der Waals surface area contributed by atoms with Crippen LogP contribution in [0.5, 0.6) is 0 Å². The van der Waals surface area contributed by atoms with Gasteiger partial charge in [-0.25, -0.2) is 9.07 Å². The summed E-state index contributed by atoms with van der Waals surface area (Å²) in [5.74, 6) is -0.771. The molecule has 0 aliphatic heterocycles. The summed E-state index contributed by atoms with van der Waals surface area (Å²) in [6.07, 6.45) is -2.02. The largest absolute Gasteiger partial charge is 0.615 e. The predicted molar refractivity (Wildman–Crippen MR) is 86.6 cm³/mol. The van der Waals surface area contributed by atoms with Crippen molar-refractivity contribution in [2.24, 2.45) is 0 Å². The molecule has 132 valence electrons. The van der Waals surface area contributed by atoms with E-state index in [4.69, 9.17) is 0 Å². The Morgan fingerprint density at radius 1 is 1.24 bits per heavy atom. The Hall–Kier alpha value is -2.13. The lowest BCUT2D eigenvalue weighted by Crippen LogP contribution is -2.13. The van der Waals surface area contributed by atoms with Crippen LogP contribution in [0.25, 0.3) is 22.2 Å². The van der Waals surface area contributed by atoms with Gasteiger partial charge in [0.25, 0.3) is 0 Å². The molecule has 1 atom stereocenters. The van der Waals surface area contributed by atoms with E-state index in [1.165, 1.54) is 29.2 Å². The number of hydrogen-bond acceptors (Lipinski definition) is 3. The van der Waals surface area contributed by atoms with Gasteiger partial charge in [0.1, 0.15) is 17.1 Å². The molecule has 0 amide bonds. The number of alkyl halides is 3. The number of benzene rings is 1. The summed E-state index contributed by atoms with van der Waals surface area (Å²) >= 11 is -1.13. The van der Waals surface area contributed by atoms with Gasteiger partial charge in [-0.15, -0.1) is 0 Å². The maximum Gasteiger partial charge on any atom is 0.419 e. The zero-order chi connectivity index (χ0) is 18.2. The average Bonchev–Trinajstić information content (AvgIpc) is 2.96. The Balaban J connectivity index is 2.09. The van der Waals surface area contributed by atoms with E-state index in [0.717, 1.165) is 6.07 Å². The Labute approximate surface area is 143 Å². The first kappa shape index (κ1) is 17.7. The molecule has 1 aromatic carbocycles. The SMILES string of the molecule is CC[S+]([O-])Cn1ncc2ncc(-c3cccc(C(F)(F)F)c3F)cc21. The van der Waals surface area contributed by atoms with Crippen LogP contribution in [0.3, 0.4) is 0 Å². The Morgan fingerprint density at radius 3 is 2.68 bits per heavy atom. The fourth-order valence-electron chi connectivity index (χ4n) is 2.41. The van der Waals surface area contributed by atoms with Gasteiger partial charge < -0.3 is 4.55 Å². The smallest absolute Gasteiger partial charge is 0.419 e. The van der Waals surface area contributed by atoms with Crippen molar-refractivity contribution in [3.8, 4) is 11.1 Å². The van der Waals surface area contributed by atoms with Gasteiger partial charge in [-0.2, -0.15) is 18.3 Å². The lowest BCUT2D eigenvalue weighted by atomic mass is 10.0. The van der Waals surface area contributed by atoms with Crippen LogP contribution in [0, 0.1) is 5.82 Å². The van der Waals surface area contributed by atoms with Gasteiger partial charge in [0, 0.05) is 17.3 Å². The number of aromatic nitrogens is 3. The summed E-state index contributed by atoms with van der Waals surface area (Å²) in [6.45, 7) is 1.77. The molecule has 2 aromatic heterocycles. The third-order valence-corrected chi connectivity index (χ3v) is 4.87. The molecule has 0 aliphatic rings. The zero-order valence-corrected chi connectivity index (χ0v) is 13.9. The Bertz CT molecular complexity index is 910. The van der Waals surface area contributed by atoms with E-state index in [2.05, 4.69) is 10.1 Å². The molecule has 2 heterocycles. The molecule has 3 rings (SSSR count). The van der Waals surface area contributed by atoms with Crippen LogP contribution in [0.15, 0.2) is 36.7 Å². The van der Waals surface area contributed by atoms with Crippen molar-refractivity contribution in [3.05, 3.63) is 48.0 Å². The van der Waals surface area contributed by atoms with Crippen molar-refractivity contribution in [2.45, 2.75) is 19.0 Å². The fourth-order valence-corrected chi connectivity index (χ4v) is 3.07. The van der Waals surface area contributed by atoms with Crippen LogP contribution < -0.4 is 0 Å². The summed E-state index contributed by atoms with van der Waals surface area (Å²) in [7, 11) is 0. The molecular formula is C16H13F4N3OS. The van der Waals surface area contributed by atoms with Crippen LogP contribution >= 0.6 is 0 Å². The van der Waals surface area contributed by atoms with E-state index in [1.54, 1.807) is 6.92 Å². The molecule has 4 nitrogen and oxygen atoms in total. The predicted octanol–water partition coefficient (Wildman–Crippen LogP) is 3.98. The molecule has 0 saturated heterocycles. The summed E-state index contributed by atoms with van der Waals surface area (Å²) in [4.78, 5) is 4.11. The minimum Gasteiger partial charge on any atom is -0.615 e. The summed E-state index contributed by atoms with van der Waals surface area (Å²) in [5, 5.41) is 4.08. The molecule has 9 heteroatoms.